The molecule has 0 heterocycles. The van der Waals surface area contributed by atoms with Gasteiger partial charge in [0.2, 0.25) is 0 Å². The summed E-state index contributed by atoms with van der Waals surface area (Å²) < 4.78 is 5.94. The molecule has 2 aromatic rings. The summed E-state index contributed by atoms with van der Waals surface area (Å²) >= 11 is 0. The van der Waals surface area contributed by atoms with Gasteiger partial charge in [-0.2, -0.15) is 0 Å². The van der Waals surface area contributed by atoms with Gasteiger partial charge in [0, 0.05) is 10.9 Å². The number of hydrogen-bond donors (Lipinski definition) is 1. The van der Waals surface area contributed by atoms with Crippen molar-refractivity contribution in [2.75, 3.05) is 6.61 Å². The molecule has 0 spiro atoms. The van der Waals surface area contributed by atoms with E-state index in [-0.39, 0.29) is 0 Å². The van der Waals surface area contributed by atoms with Gasteiger partial charge in [0.25, 0.3) is 0 Å². The molecule has 0 radical (unpaired) electrons. The average Bonchev–Trinajstić information content (AvgIpc) is 2.43. The minimum absolute atomic E-state index is 0.443. The first-order chi connectivity index (χ1) is 9.13. The summed E-state index contributed by atoms with van der Waals surface area (Å²) in [6.45, 7) is 6.63. The van der Waals surface area contributed by atoms with Crippen LogP contribution in [0.25, 0.3) is 10.8 Å². The van der Waals surface area contributed by atoms with Crippen molar-refractivity contribution in [3.05, 3.63) is 42.0 Å². The highest BCUT2D eigenvalue weighted by Crippen LogP contribution is 2.30. The van der Waals surface area contributed by atoms with E-state index in [2.05, 4.69) is 19.0 Å². The van der Waals surface area contributed by atoms with Crippen LogP contribution < -0.4 is 4.74 Å². The van der Waals surface area contributed by atoms with Crippen LogP contribution >= 0.6 is 0 Å². The third-order valence-corrected chi connectivity index (χ3v) is 2.98. The van der Waals surface area contributed by atoms with Gasteiger partial charge in [-0.25, -0.2) is 0 Å². The fraction of sp³-hybridized carbons (Fsp3) is 0.312. The lowest BCUT2D eigenvalue weighted by Gasteiger charge is -2.15. The van der Waals surface area contributed by atoms with E-state index in [1.165, 1.54) is 0 Å². The van der Waals surface area contributed by atoms with Gasteiger partial charge in [-0.15, -0.1) is 0 Å². The van der Waals surface area contributed by atoms with E-state index >= 15 is 0 Å². The fourth-order valence-corrected chi connectivity index (χ4v) is 1.99. The number of ether oxygens (including phenoxy) is 1. The first kappa shape index (κ1) is 13.4. The number of rotatable bonds is 4. The van der Waals surface area contributed by atoms with E-state index in [9.17, 15) is 0 Å². The number of hydrogen-bond acceptors (Lipinski definition) is 3. The molecule has 0 aliphatic carbocycles. The van der Waals surface area contributed by atoms with Gasteiger partial charge in [0.1, 0.15) is 5.75 Å². The van der Waals surface area contributed by atoms with Gasteiger partial charge in [-0.1, -0.05) is 49.3 Å². The Morgan fingerprint density at radius 3 is 2.63 bits per heavy atom. The van der Waals surface area contributed by atoms with Gasteiger partial charge in [0.15, 0.2) is 0 Å². The molecule has 0 fully saturated rings. The molecule has 0 atom stereocenters. The zero-order valence-electron chi connectivity index (χ0n) is 11.6. The molecule has 0 unspecified atom stereocenters. The van der Waals surface area contributed by atoms with E-state index in [1.807, 2.05) is 36.4 Å². The molecule has 0 saturated heterocycles. The lowest BCUT2D eigenvalue weighted by atomic mass is 10.0. The molecule has 3 nitrogen and oxygen atoms in total. The highest BCUT2D eigenvalue weighted by Gasteiger charge is 2.12. The third-order valence-electron chi connectivity index (χ3n) is 2.98. The minimum atomic E-state index is 0.443. The topological polar surface area (TPSA) is 41.8 Å². The molecule has 0 aliphatic rings. The molecule has 1 N–H and O–H groups in total. The first-order valence-corrected chi connectivity index (χ1v) is 6.47. The Balaban J connectivity index is 2.58. The van der Waals surface area contributed by atoms with E-state index in [0.29, 0.717) is 18.2 Å². The number of fused-ring (bicyclic) bond motifs is 1. The second kappa shape index (κ2) is 5.74. The van der Waals surface area contributed by atoms with Crippen LogP contribution in [0.2, 0.25) is 0 Å². The molecule has 100 valence electrons. The molecule has 2 aromatic carbocycles. The van der Waals surface area contributed by atoms with Crippen LogP contribution in [0.4, 0.5) is 0 Å². The predicted octanol–water partition coefficient (Wildman–Crippen LogP) is 4.07. The standard InChI is InChI=1S/C16H19NO2/c1-11(2)10-19-16-14(12(3)17-18)9-8-13-6-4-5-7-15(13)16/h4-9,11,18H,10H2,1-3H3/b17-12+. The minimum Gasteiger partial charge on any atom is -0.492 e. The summed E-state index contributed by atoms with van der Waals surface area (Å²) in [7, 11) is 0. The fourth-order valence-electron chi connectivity index (χ4n) is 1.99. The molecule has 0 aromatic heterocycles. The Labute approximate surface area is 113 Å². The Bertz CT molecular complexity index is 603. The van der Waals surface area contributed by atoms with Crippen molar-refractivity contribution in [1.82, 2.24) is 0 Å². The SMILES string of the molecule is C/C(=N\O)c1ccc2ccccc2c1OCC(C)C. The van der Waals surface area contributed by atoms with Crippen molar-refractivity contribution in [2.24, 2.45) is 11.1 Å². The lowest BCUT2D eigenvalue weighted by Crippen LogP contribution is -2.08. The smallest absolute Gasteiger partial charge is 0.136 e. The molecule has 0 amide bonds. The largest absolute Gasteiger partial charge is 0.492 e. The van der Waals surface area contributed by atoms with Gasteiger partial charge in [-0.3, -0.25) is 0 Å². The van der Waals surface area contributed by atoms with Crippen LogP contribution in [0.15, 0.2) is 41.6 Å². The van der Waals surface area contributed by atoms with Crippen LogP contribution in [-0.4, -0.2) is 17.5 Å². The van der Waals surface area contributed by atoms with E-state index in [4.69, 9.17) is 9.94 Å². The van der Waals surface area contributed by atoms with Crippen molar-refractivity contribution >= 4 is 16.5 Å². The van der Waals surface area contributed by atoms with Gasteiger partial charge in [0.05, 0.1) is 12.3 Å². The van der Waals surface area contributed by atoms with Crippen LogP contribution in [0.3, 0.4) is 0 Å². The lowest BCUT2D eigenvalue weighted by molar-refractivity contribution is 0.273. The van der Waals surface area contributed by atoms with Crippen molar-refractivity contribution in [3.8, 4) is 5.75 Å². The van der Waals surface area contributed by atoms with E-state index in [0.717, 1.165) is 22.1 Å². The van der Waals surface area contributed by atoms with Crippen LogP contribution in [0.1, 0.15) is 26.3 Å². The number of nitrogens with zero attached hydrogens (tertiary/aromatic N) is 1. The molecule has 0 aliphatic heterocycles. The number of oxime groups is 1. The summed E-state index contributed by atoms with van der Waals surface area (Å²) in [5.74, 6) is 1.24. The van der Waals surface area contributed by atoms with Crippen molar-refractivity contribution in [1.29, 1.82) is 0 Å². The van der Waals surface area contributed by atoms with E-state index in [1.54, 1.807) is 6.92 Å². The maximum atomic E-state index is 8.99. The maximum absolute atomic E-state index is 8.99. The summed E-state index contributed by atoms with van der Waals surface area (Å²) in [6.07, 6.45) is 0. The zero-order chi connectivity index (χ0) is 13.8. The maximum Gasteiger partial charge on any atom is 0.136 e. The molecule has 19 heavy (non-hydrogen) atoms. The highest BCUT2D eigenvalue weighted by molar-refractivity contribution is 6.06. The van der Waals surface area contributed by atoms with Gasteiger partial charge >= 0.3 is 0 Å². The summed E-state index contributed by atoms with van der Waals surface area (Å²) in [5, 5.41) is 14.5. The Morgan fingerprint density at radius 1 is 1.21 bits per heavy atom. The molecule has 0 saturated carbocycles. The highest BCUT2D eigenvalue weighted by atomic mass is 16.5. The van der Waals surface area contributed by atoms with Crippen LogP contribution in [0.5, 0.6) is 5.75 Å². The van der Waals surface area contributed by atoms with Crippen molar-refractivity contribution < 1.29 is 9.94 Å². The Kier molecular flexibility index (Phi) is 4.05. The normalized spacial score (nSPS) is 12.1. The monoisotopic (exact) mass is 257 g/mol. The molecular weight excluding hydrogens is 238 g/mol. The quantitative estimate of drug-likeness (QED) is 0.509. The van der Waals surface area contributed by atoms with Crippen LogP contribution in [-0.2, 0) is 0 Å². The van der Waals surface area contributed by atoms with Crippen molar-refractivity contribution in [2.45, 2.75) is 20.8 Å². The van der Waals surface area contributed by atoms with Gasteiger partial charge < -0.3 is 9.94 Å². The number of benzene rings is 2. The first-order valence-electron chi connectivity index (χ1n) is 6.47. The van der Waals surface area contributed by atoms with Crippen molar-refractivity contribution in [3.63, 3.8) is 0 Å². The third kappa shape index (κ3) is 2.87. The summed E-state index contributed by atoms with van der Waals surface area (Å²) in [5.41, 5.74) is 1.39. The summed E-state index contributed by atoms with van der Waals surface area (Å²) in [6, 6.07) is 12.0. The zero-order valence-corrected chi connectivity index (χ0v) is 11.6. The second-order valence-corrected chi connectivity index (χ2v) is 5.05. The molecule has 3 heteroatoms. The predicted molar refractivity (Wildman–Crippen MR) is 78.3 cm³/mol. The summed E-state index contributed by atoms with van der Waals surface area (Å²) in [4.78, 5) is 0. The molecule has 0 bridgehead atoms. The second-order valence-electron chi connectivity index (χ2n) is 5.05. The molecular formula is C16H19NO2. The van der Waals surface area contributed by atoms with Crippen LogP contribution in [0, 0.1) is 5.92 Å². The average molecular weight is 257 g/mol. The van der Waals surface area contributed by atoms with E-state index < -0.39 is 0 Å². The Hall–Kier alpha value is -2.03. The Morgan fingerprint density at radius 2 is 1.95 bits per heavy atom. The molecule has 2 rings (SSSR count). The van der Waals surface area contributed by atoms with Gasteiger partial charge in [-0.05, 0) is 24.3 Å².